The molecule has 1 atom stereocenters. The molecule has 0 aliphatic carbocycles. The van der Waals surface area contributed by atoms with Gasteiger partial charge in [0.1, 0.15) is 17.3 Å². The Morgan fingerprint density at radius 1 is 1.19 bits per heavy atom. The van der Waals surface area contributed by atoms with Gasteiger partial charge in [-0.3, -0.25) is 9.69 Å². The number of methoxy groups -OCH3 is 1. The molecule has 1 aliphatic rings. The van der Waals surface area contributed by atoms with Crippen molar-refractivity contribution in [1.82, 2.24) is 10.2 Å². The van der Waals surface area contributed by atoms with Gasteiger partial charge in [-0.25, -0.2) is 0 Å². The van der Waals surface area contributed by atoms with Crippen LogP contribution >= 0.6 is 0 Å². The van der Waals surface area contributed by atoms with E-state index in [1.165, 1.54) is 0 Å². The van der Waals surface area contributed by atoms with Crippen molar-refractivity contribution in [3.63, 3.8) is 0 Å². The van der Waals surface area contributed by atoms with Gasteiger partial charge in [0.15, 0.2) is 6.61 Å². The van der Waals surface area contributed by atoms with Gasteiger partial charge in [0, 0.05) is 19.6 Å². The van der Waals surface area contributed by atoms with Crippen molar-refractivity contribution in [3.05, 3.63) is 48.4 Å². The first kappa shape index (κ1) is 18.3. The van der Waals surface area contributed by atoms with Crippen molar-refractivity contribution in [2.24, 2.45) is 0 Å². The summed E-state index contributed by atoms with van der Waals surface area (Å²) < 4.78 is 21.6. The summed E-state index contributed by atoms with van der Waals surface area (Å²) in [4.78, 5) is 14.4. The Hall–Kier alpha value is -2.51. The Bertz CT molecular complexity index is 666. The predicted molar refractivity (Wildman–Crippen MR) is 95.3 cm³/mol. The SMILES string of the molecule is COc1ccc(OCC(=O)NCC(c2ccco2)N2CCOCC2)cc1. The fourth-order valence-corrected chi connectivity index (χ4v) is 2.86. The van der Waals surface area contributed by atoms with Crippen LogP contribution in [-0.2, 0) is 9.53 Å². The van der Waals surface area contributed by atoms with Crippen molar-refractivity contribution in [2.75, 3.05) is 46.6 Å². The summed E-state index contributed by atoms with van der Waals surface area (Å²) in [5.41, 5.74) is 0. The molecule has 1 amide bonds. The molecule has 0 spiro atoms. The van der Waals surface area contributed by atoms with Crippen LogP contribution in [-0.4, -0.2) is 57.4 Å². The minimum atomic E-state index is -0.175. The van der Waals surface area contributed by atoms with Gasteiger partial charge in [-0.1, -0.05) is 0 Å². The lowest BCUT2D eigenvalue weighted by Gasteiger charge is -2.33. The molecule has 1 fully saturated rings. The normalized spacial score (nSPS) is 16.0. The van der Waals surface area contributed by atoms with Crippen LogP contribution in [0, 0.1) is 0 Å². The number of amides is 1. The number of nitrogens with zero attached hydrogens (tertiary/aromatic N) is 1. The highest BCUT2D eigenvalue weighted by atomic mass is 16.5. The number of hydrogen-bond acceptors (Lipinski definition) is 6. The second kappa shape index (κ2) is 9.26. The van der Waals surface area contributed by atoms with E-state index in [1.54, 1.807) is 37.6 Å². The third kappa shape index (κ3) is 5.00. The van der Waals surface area contributed by atoms with Crippen LogP contribution in [0.25, 0.3) is 0 Å². The van der Waals surface area contributed by atoms with E-state index in [1.807, 2.05) is 12.1 Å². The number of nitrogens with one attached hydrogen (secondary N) is 1. The first-order valence-corrected chi connectivity index (χ1v) is 8.65. The van der Waals surface area contributed by atoms with Crippen LogP contribution in [0.1, 0.15) is 11.8 Å². The van der Waals surface area contributed by atoms with Gasteiger partial charge in [0.05, 0.1) is 32.6 Å². The zero-order valence-corrected chi connectivity index (χ0v) is 14.8. The molecule has 140 valence electrons. The Balaban J connectivity index is 1.50. The van der Waals surface area contributed by atoms with Crippen molar-refractivity contribution in [2.45, 2.75) is 6.04 Å². The molecular weight excluding hydrogens is 336 g/mol. The van der Waals surface area contributed by atoms with Gasteiger partial charge >= 0.3 is 0 Å². The lowest BCUT2D eigenvalue weighted by Crippen LogP contribution is -2.44. The molecule has 0 bridgehead atoms. The van der Waals surface area contributed by atoms with Crippen LogP contribution in [0.2, 0.25) is 0 Å². The molecule has 1 aromatic heterocycles. The number of hydrogen-bond donors (Lipinski definition) is 1. The largest absolute Gasteiger partial charge is 0.497 e. The van der Waals surface area contributed by atoms with Gasteiger partial charge in [0.2, 0.25) is 0 Å². The van der Waals surface area contributed by atoms with E-state index in [2.05, 4.69) is 10.2 Å². The van der Waals surface area contributed by atoms with Crippen LogP contribution in [0.5, 0.6) is 11.5 Å². The Morgan fingerprint density at radius 2 is 1.92 bits per heavy atom. The number of furan rings is 1. The second-order valence-electron chi connectivity index (χ2n) is 5.95. The van der Waals surface area contributed by atoms with Crippen LogP contribution in [0.4, 0.5) is 0 Å². The number of carbonyl (C=O) groups excluding carboxylic acids is 1. The van der Waals surface area contributed by atoms with E-state index in [0.29, 0.717) is 25.5 Å². The fourth-order valence-electron chi connectivity index (χ4n) is 2.86. The average molecular weight is 360 g/mol. The van der Waals surface area contributed by atoms with E-state index in [4.69, 9.17) is 18.6 Å². The van der Waals surface area contributed by atoms with Crippen molar-refractivity contribution in [1.29, 1.82) is 0 Å². The maximum Gasteiger partial charge on any atom is 0.258 e. The molecule has 1 unspecified atom stereocenters. The number of carbonyl (C=O) groups is 1. The first-order chi connectivity index (χ1) is 12.8. The van der Waals surface area contributed by atoms with Gasteiger partial charge in [-0.2, -0.15) is 0 Å². The maximum absolute atomic E-state index is 12.2. The zero-order valence-electron chi connectivity index (χ0n) is 14.8. The van der Waals surface area contributed by atoms with Crippen molar-refractivity contribution in [3.8, 4) is 11.5 Å². The van der Waals surface area contributed by atoms with Gasteiger partial charge in [-0.05, 0) is 36.4 Å². The number of rotatable bonds is 8. The second-order valence-corrected chi connectivity index (χ2v) is 5.95. The molecule has 1 aromatic carbocycles. The topological polar surface area (TPSA) is 73.2 Å². The van der Waals surface area contributed by atoms with Gasteiger partial charge < -0.3 is 23.9 Å². The van der Waals surface area contributed by atoms with E-state index in [0.717, 1.165) is 24.6 Å². The summed E-state index contributed by atoms with van der Waals surface area (Å²) in [5.74, 6) is 2.03. The fraction of sp³-hybridized carbons (Fsp3) is 0.421. The standard InChI is InChI=1S/C19H24N2O5/c1-23-15-4-6-16(7-5-15)26-14-19(22)20-13-17(18-3-2-10-25-18)21-8-11-24-12-9-21/h2-7,10,17H,8-9,11-14H2,1H3,(H,20,22). The lowest BCUT2D eigenvalue weighted by molar-refractivity contribution is -0.123. The van der Waals surface area contributed by atoms with Crippen LogP contribution in [0.15, 0.2) is 47.1 Å². The molecule has 7 nitrogen and oxygen atoms in total. The molecule has 26 heavy (non-hydrogen) atoms. The molecule has 2 heterocycles. The smallest absolute Gasteiger partial charge is 0.258 e. The molecule has 1 N–H and O–H groups in total. The van der Waals surface area contributed by atoms with E-state index in [-0.39, 0.29) is 18.6 Å². The molecule has 2 aromatic rings. The summed E-state index contributed by atoms with van der Waals surface area (Å²) >= 11 is 0. The average Bonchev–Trinajstić information content (AvgIpc) is 3.22. The van der Waals surface area contributed by atoms with Crippen LogP contribution in [0.3, 0.4) is 0 Å². The summed E-state index contributed by atoms with van der Waals surface area (Å²) in [6, 6.07) is 10.9. The maximum atomic E-state index is 12.2. The minimum absolute atomic E-state index is 0.0150. The molecule has 0 radical (unpaired) electrons. The lowest BCUT2D eigenvalue weighted by atomic mass is 10.1. The monoisotopic (exact) mass is 360 g/mol. The Morgan fingerprint density at radius 3 is 2.58 bits per heavy atom. The highest BCUT2D eigenvalue weighted by Gasteiger charge is 2.25. The van der Waals surface area contributed by atoms with Crippen LogP contribution < -0.4 is 14.8 Å². The van der Waals surface area contributed by atoms with Gasteiger partial charge in [-0.15, -0.1) is 0 Å². The third-order valence-electron chi connectivity index (χ3n) is 4.28. The van der Waals surface area contributed by atoms with Crippen molar-refractivity contribution >= 4 is 5.91 Å². The van der Waals surface area contributed by atoms with Gasteiger partial charge in [0.25, 0.3) is 5.91 Å². The van der Waals surface area contributed by atoms with E-state index >= 15 is 0 Å². The number of morpholine rings is 1. The van der Waals surface area contributed by atoms with E-state index < -0.39 is 0 Å². The number of ether oxygens (including phenoxy) is 3. The first-order valence-electron chi connectivity index (χ1n) is 8.65. The molecule has 3 rings (SSSR count). The molecular formula is C19H24N2O5. The Kier molecular flexibility index (Phi) is 6.51. The molecule has 1 aliphatic heterocycles. The van der Waals surface area contributed by atoms with E-state index in [9.17, 15) is 4.79 Å². The summed E-state index contributed by atoms with van der Waals surface area (Å²) in [6.07, 6.45) is 1.65. The quantitative estimate of drug-likeness (QED) is 0.775. The highest BCUT2D eigenvalue weighted by molar-refractivity contribution is 5.77. The zero-order chi connectivity index (χ0) is 18.2. The predicted octanol–water partition coefficient (Wildman–Crippen LogP) is 1.86. The minimum Gasteiger partial charge on any atom is -0.497 e. The third-order valence-corrected chi connectivity index (χ3v) is 4.28. The summed E-state index contributed by atoms with van der Waals surface area (Å²) in [5, 5.41) is 2.93. The highest BCUT2D eigenvalue weighted by Crippen LogP contribution is 2.21. The summed E-state index contributed by atoms with van der Waals surface area (Å²) in [7, 11) is 1.60. The molecule has 1 saturated heterocycles. The summed E-state index contributed by atoms with van der Waals surface area (Å²) in [6.45, 7) is 3.41. The van der Waals surface area contributed by atoms with Crippen molar-refractivity contribution < 1.29 is 23.4 Å². The Labute approximate surface area is 152 Å². The molecule has 7 heteroatoms. The molecule has 0 saturated carbocycles. The number of benzene rings is 1.